The van der Waals surface area contributed by atoms with Crippen molar-refractivity contribution in [3.63, 3.8) is 0 Å². The molecular weight excluding hydrogens is 428 g/mol. The number of benzene rings is 1. The number of carboxylic acids is 1. The number of fused-ring (bicyclic) bond motifs is 1. The zero-order chi connectivity index (χ0) is 24.2. The van der Waals surface area contributed by atoms with Crippen molar-refractivity contribution in [2.24, 2.45) is 4.99 Å². The minimum atomic E-state index is -1.48. The summed E-state index contributed by atoms with van der Waals surface area (Å²) in [6, 6.07) is 3.75. The van der Waals surface area contributed by atoms with E-state index in [-0.39, 0.29) is 22.3 Å². The Balaban J connectivity index is 2.05. The number of amides is 1. The number of phenolic OH excluding ortho intramolecular Hbond substituents is 1. The molecule has 0 spiro atoms. The number of nitrogens with zero attached hydrogens (tertiary/aromatic N) is 2. The second-order valence-electron chi connectivity index (χ2n) is 10.4. The first-order valence-corrected chi connectivity index (χ1v) is 11.6. The summed E-state index contributed by atoms with van der Waals surface area (Å²) in [4.78, 5) is 30.6. The number of hydrogen-bond acceptors (Lipinski definition) is 6. The van der Waals surface area contributed by atoms with Crippen molar-refractivity contribution in [2.45, 2.75) is 70.4 Å². The molecule has 1 amide bonds. The predicted octanol–water partition coefficient (Wildman–Crippen LogP) is 4.02. The van der Waals surface area contributed by atoms with Crippen molar-refractivity contribution in [1.82, 2.24) is 4.90 Å². The van der Waals surface area contributed by atoms with E-state index in [4.69, 9.17) is 4.74 Å². The maximum absolute atomic E-state index is 13.1. The van der Waals surface area contributed by atoms with Crippen LogP contribution >= 0.6 is 11.8 Å². The second-order valence-corrected chi connectivity index (χ2v) is 11.5. The summed E-state index contributed by atoms with van der Waals surface area (Å²) >= 11 is 1.44. The van der Waals surface area contributed by atoms with Crippen molar-refractivity contribution in [2.75, 3.05) is 12.9 Å². The Kier molecular flexibility index (Phi) is 6.02. The summed E-state index contributed by atoms with van der Waals surface area (Å²) in [5.74, 6) is -0.865. The molecule has 2 atom stereocenters. The number of thioether (sulfide) groups is 1. The van der Waals surface area contributed by atoms with Gasteiger partial charge in [-0.3, -0.25) is 9.69 Å². The molecule has 0 unspecified atom stereocenters. The SMILES string of the molecule is CO[C@@]1(N=Cc2cc(C(C)(C)C)c(O)c(C(C)(C)C)c2)C(=O)N2C(C(=O)O)=C(C)CS[C@@H]21. The fourth-order valence-corrected chi connectivity index (χ4v) is 5.45. The third-order valence-corrected chi connectivity index (χ3v) is 7.31. The van der Waals surface area contributed by atoms with E-state index in [0.717, 1.165) is 16.7 Å². The Morgan fingerprint density at radius 2 is 1.75 bits per heavy atom. The summed E-state index contributed by atoms with van der Waals surface area (Å²) in [6.07, 6.45) is 1.59. The first kappa shape index (κ1) is 24.3. The molecule has 174 valence electrons. The third kappa shape index (κ3) is 3.83. The fourth-order valence-electron chi connectivity index (χ4n) is 4.07. The lowest BCUT2D eigenvalue weighted by Crippen LogP contribution is -2.73. The zero-order valence-corrected chi connectivity index (χ0v) is 20.8. The predicted molar refractivity (Wildman–Crippen MR) is 126 cm³/mol. The summed E-state index contributed by atoms with van der Waals surface area (Å²) in [7, 11) is 1.41. The highest BCUT2D eigenvalue weighted by Gasteiger charge is 2.65. The smallest absolute Gasteiger partial charge is 0.352 e. The second kappa shape index (κ2) is 7.92. The quantitative estimate of drug-likeness (QED) is 0.520. The average Bonchev–Trinajstić information content (AvgIpc) is 2.67. The van der Waals surface area contributed by atoms with E-state index in [1.54, 1.807) is 13.1 Å². The van der Waals surface area contributed by atoms with Gasteiger partial charge in [-0.2, -0.15) is 0 Å². The van der Waals surface area contributed by atoms with Gasteiger partial charge in [0.1, 0.15) is 16.8 Å². The Bertz CT molecular complexity index is 997. The molecule has 2 aliphatic heterocycles. The van der Waals surface area contributed by atoms with Crippen LogP contribution in [-0.2, 0) is 25.2 Å². The van der Waals surface area contributed by atoms with Crippen LogP contribution in [0.1, 0.15) is 65.2 Å². The number of β-lactam (4-membered cyclic amide) rings is 1. The minimum Gasteiger partial charge on any atom is -0.507 e. The maximum Gasteiger partial charge on any atom is 0.352 e. The van der Waals surface area contributed by atoms with Gasteiger partial charge in [-0.15, -0.1) is 11.8 Å². The maximum atomic E-state index is 13.1. The van der Waals surface area contributed by atoms with E-state index < -0.39 is 23.0 Å². The Labute approximate surface area is 193 Å². The monoisotopic (exact) mass is 460 g/mol. The molecule has 0 radical (unpaired) electrons. The van der Waals surface area contributed by atoms with E-state index in [1.165, 1.54) is 23.8 Å². The number of carboxylic acid groups (broad SMARTS) is 1. The molecule has 0 aliphatic carbocycles. The lowest BCUT2D eigenvalue weighted by Gasteiger charge is -2.53. The highest BCUT2D eigenvalue weighted by atomic mass is 32.2. The number of rotatable bonds is 4. The molecule has 2 aliphatic rings. The third-order valence-electron chi connectivity index (χ3n) is 5.86. The molecule has 0 bridgehead atoms. The Hall–Kier alpha value is -2.32. The van der Waals surface area contributed by atoms with Crippen LogP contribution in [0.3, 0.4) is 0 Å². The highest BCUT2D eigenvalue weighted by Crippen LogP contribution is 2.48. The molecule has 32 heavy (non-hydrogen) atoms. The van der Waals surface area contributed by atoms with E-state index >= 15 is 0 Å². The normalized spacial score (nSPS) is 24.1. The van der Waals surface area contributed by atoms with Gasteiger partial charge in [-0.1, -0.05) is 41.5 Å². The minimum absolute atomic E-state index is 0.0105. The molecule has 1 saturated heterocycles. The van der Waals surface area contributed by atoms with Crippen LogP contribution in [0.4, 0.5) is 0 Å². The molecule has 1 fully saturated rings. The fraction of sp³-hybridized carbons (Fsp3) is 0.542. The lowest BCUT2D eigenvalue weighted by molar-refractivity contribution is -0.182. The van der Waals surface area contributed by atoms with Gasteiger partial charge in [0.05, 0.1) is 0 Å². The summed E-state index contributed by atoms with van der Waals surface area (Å²) in [5.41, 5.74) is 0.901. The standard InChI is InChI=1S/C24H32N2O5S/c1-13-12-32-21-24(31-8,20(30)26(21)17(13)19(28)29)25-11-14-9-15(22(2,3)4)18(27)16(10-14)23(5,6)7/h9-11,21,27H,12H2,1-8H3,(H,28,29)/t21-,24+/m1/s1. The topological polar surface area (TPSA) is 99.4 Å². The van der Waals surface area contributed by atoms with Gasteiger partial charge < -0.3 is 14.9 Å². The average molecular weight is 461 g/mol. The molecule has 2 heterocycles. The molecule has 1 aromatic rings. The van der Waals surface area contributed by atoms with Crippen LogP contribution < -0.4 is 0 Å². The van der Waals surface area contributed by atoms with Crippen LogP contribution in [0.25, 0.3) is 0 Å². The molecule has 8 heteroatoms. The van der Waals surface area contributed by atoms with Crippen LogP contribution in [-0.4, -0.2) is 57.2 Å². The molecule has 1 aromatic carbocycles. The van der Waals surface area contributed by atoms with Crippen molar-refractivity contribution >= 4 is 29.9 Å². The summed E-state index contributed by atoms with van der Waals surface area (Å²) in [5, 5.41) is 20.0. The van der Waals surface area contributed by atoms with E-state index in [2.05, 4.69) is 4.99 Å². The Morgan fingerprint density at radius 1 is 1.22 bits per heavy atom. The van der Waals surface area contributed by atoms with E-state index in [1.807, 2.05) is 53.7 Å². The van der Waals surface area contributed by atoms with Gasteiger partial charge in [-0.05, 0) is 41.0 Å². The van der Waals surface area contributed by atoms with Crippen molar-refractivity contribution in [3.05, 3.63) is 40.1 Å². The van der Waals surface area contributed by atoms with Crippen LogP contribution in [0, 0.1) is 0 Å². The molecule has 0 saturated carbocycles. The highest BCUT2D eigenvalue weighted by molar-refractivity contribution is 8.00. The number of hydrogen-bond donors (Lipinski definition) is 2. The number of ether oxygens (including phenoxy) is 1. The largest absolute Gasteiger partial charge is 0.507 e. The number of methoxy groups -OCH3 is 1. The molecule has 7 nitrogen and oxygen atoms in total. The van der Waals surface area contributed by atoms with Crippen molar-refractivity contribution in [3.8, 4) is 5.75 Å². The molecular formula is C24H32N2O5S. The summed E-state index contributed by atoms with van der Waals surface area (Å²) < 4.78 is 5.58. The van der Waals surface area contributed by atoms with Crippen molar-refractivity contribution in [1.29, 1.82) is 0 Å². The number of carbonyl (C=O) groups is 2. The number of phenols is 1. The van der Waals surface area contributed by atoms with Gasteiger partial charge in [0.15, 0.2) is 0 Å². The van der Waals surface area contributed by atoms with Crippen LogP contribution in [0.2, 0.25) is 0 Å². The summed E-state index contributed by atoms with van der Waals surface area (Å²) in [6.45, 7) is 13.9. The van der Waals surface area contributed by atoms with Gasteiger partial charge in [0, 0.05) is 30.2 Å². The van der Waals surface area contributed by atoms with Crippen LogP contribution in [0.15, 0.2) is 28.4 Å². The van der Waals surface area contributed by atoms with Gasteiger partial charge >= 0.3 is 5.97 Å². The molecule has 3 rings (SSSR count). The first-order chi connectivity index (χ1) is 14.6. The zero-order valence-electron chi connectivity index (χ0n) is 19.9. The number of aliphatic carboxylic acids is 1. The van der Waals surface area contributed by atoms with E-state index in [9.17, 15) is 19.8 Å². The molecule has 0 aromatic heterocycles. The van der Waals surface area contributed by atoms with Gasteiger partial charge in [0.25, 0.3) is 11.6 Å². The van der Waals surface area contributed by atoms with Crippen LogP contribution in [0.5, 0.6) is 5.75 Å². The van der Waals surface area contributed by atoms with Gasteiger partial charge in [-0.25, -0.2) is 9.79 Å². The number of aromatic hydroxyl groups is 1. The lowest BCUT2D eigenvalue weighted by atomic mass is 9.78. The van der Waals surface area contributed by atoms with Gasteiger partial charge in [0.2, 0.25) is 0 Å². The Morgan fingerprint density at radius 3 is 2.19 bits per heavy atom. The first-order valence-electron chi connectivity index (χ1n) is 10.5. The number of aliphatic imine (C=N–C) groups is 1. The van der Waals surface area contributed by atoms with Crippen molar-refractivity contribution < 1.29 is 24.5 Å². The molecule has 2 N–H and O–H groups in total. The number of carbonyl (C=O) groups excluding carboxylic acids is 1. The van der Waals surface area contributed by atoms with E-state index in [0.29, 0.717) is 11.3 Å².